The third-order valence-electron chi connectivity index (χ3n) is 3.30. The van der Waals surface area contributed by atoms with Crippen molar-refractivity contribution in [1.29, 1.82) is 0 Å². The molecule has 24 heavy (non-hydrogen) atoms. The minimum absolute atomic E-state index is 0.124. The van der Waals surface area contributed by atoms with Crippen LogP contribution < -0.4 is 20.1 Å². The van der Waals surface area contributed by atoms with E-state index in [4.69, 9.17) is 9.47 Å². The van der Waals surface area contributed by atoms with E-state index < -0.39 is 0 Å². The Balaban J connectivity index is 1.90. The smallest absolute Gasteiger partial charge is 0.243 e. The first kappa shape index (κ1) is 17.7. The van der Waals surface area contributed by atoms with Crippen molar-refractivity contribution in [1.82, 2.24) is 0 Å². The molecule has 0 saturated carbocycles. The number of carbonyl (C=O) groups is 1. The highest BCUT2D eigenvalue weighted by atomic mass is 16.5. The molecule has 0 radical (unpaired) electrons. The summed E-state index contributed by atoms with van der Waals surface area (Å²) in [6.45, 7) is 6.09. The lowest BCUT2D eigenvalue weighted by Crippen LogP contribution is -2.22. The van der Waals surface area contributed by atoms with Gasteiger partial charge in [-0.2, -0.15) is 0 Å². The van der Waals surface area contributed by atoms with Crippen LogP contribution in [0, 0.1) is 6.92 Å². The SMILES string of the molecule is COc1ccc(C)cc1NCC(=O)Nc1ccc(OC(C)C)cc1. The molecule has 0 aliphatic carbocycles. The molecular formula is C19H24N2O3. The zero-order valence-corrected chi connectivity index (χ0v) is 14.6. The molecule has 2 N–H and O–H groups in total. The van der Waals surface area contributed by atoms with Gasteiger partial charge in [0.05, 0.1) is 25.4 Å². The van der Waals surface area contributed by atoms with Gasteiger partial charge in [0.1, 0.15) is 11.5 Å². The standard InChI is InChI=1S/C19H24N2O3/c1-13(2)24-16-8-6-15(7-9-16)21-19(22)12-20-17-11-14(3)5-10-18(17)23-4/h5-11,13,20H,12H2,1-4H3,(H,21,22). The molecule has 0 spiro atoms. The maximum absolute atomic E-state index is 12.1. The molecule has 0 atom stereocenters. The summed E-state index contributed by atoms with van der Waals surface area (Å²) in [5.74, 6) is 1.37. The van der Waals surface area contributed by atoms with Crippen molar-refractivity contribution in [3.63, 3.8) is 0 Å². The number of anilines is 2. The first-order valence-corrected chi connectivity index (χ1v) is 7.93. The van der Waals surface area contributed by atoms with Crippen molar-refractivity contribution in [3.8, 4) is 11.5 Å². The monoisotopic (exact) mass is 328 g/mol. The second-order valence-corrected chi connectivity index (χ2v) is 5.80. The van der Waals surface area contributed by atoms with Gasteiger partial charge < -0.3 is 20.1 Å². The normalized spacial score (nSPS) is 10.4. The molecule has 0 heterocycles. The van der Waals surface area contributed by atoms with Gasteiger partial charge in [-0.3, -0.25) is 4.79 Å². The largest absolute Gasteiger partial charge is 0.495 e. The Hall–Kier alpha value is -2.69. The molecule has 0 aromatic heterocycles. The topological polar surface area (TPSA) is 59.6 Å². The van der Waals surface area contributed by atoms with Crippen LogP contribution in [-0.2, 0) is 4.79 Å². The minimum Gasteiger partial charge on any atom is -0.495 e. The first-order chi connectivity index (χ1) is 11.5. The van der Waals surface area contributed by atoms with Crippen molar-refractivity contribution in [2.75, 3.05) is 24.3 Å². The highest BCUT2D eigenvalue weighted by molar-refractivity contribution is 5.94. The molecule has 0 unspecified atom stereocenters. The second-order valence-electron chi connectivity index (χ2n) is 5.80. The van der Waals surface area contributed by atoms with Crippen molar-refractivity contribution < 1.29 is 14.3 Å². The van der Waals surface area contributed by atoms with E-state index in [9.17, 15) is 4.79 Å². The highest BCUT2D eigenvalue weighted by Crippen LogP contribution is 2.25. The van der Waals surface area contributed by atoms with Crippen molar-refractivity contribution in [3.05, 3.63) is 48.0 Å². The van der Waals surface area contributed by atoms with Gasteiger partial charge in [0.15, 0.2) is 0 Å². The maximum Gasteiger partial charge on any atom is 0.243 e. The molecule has 0 fully saturated rings. The van der Waals surface area contributed by atoms with E-state index in [0.717, 1.165) is 22.7 Å². The van der Waals surface area contributed by atoms with Crippen LogP contribution in [0.2, 0.25) is 0 Å². The minimum atomic E-state index is -0.129. The van der Waals surface area contributed by atoms with Crippen molar-refractivity contribution in [2.24, 2.45) is 0 Å². The summed E-state index contributed by atoms with van der Waals surface area (Å²) in [6.07, 6.45) is 0.124. The molecule has 0 aliphatic heterocycles. The molecule has 1 amide bonds. The molecule has 0 aliphatic rings. The number of hydrogen-bond donors (Lipinski definition) is 2. The molecule has 2 aromatic carbocycles. The summed E-state index contributed by atoms with van der Waals surface area (Å²) in [5, 5.41) is 5.95. The van der Waals surface area contributed by atoms with Gasteiger partial charge in [0, 0.05) is 5.69 Å². The summed E-state index contributed by atoms with van der Waals surface area (Å²) < 4.78 is 10.9. The number of aryl methyl sites for hydroxylation is 1. The summed E-state index contributed by atoms with van der Waals surface area (Å²) in [7, 11) is 1.61. The van der Waals surface area contributed by atoms with E-state index in [1.165, 1.54) is 0 Å². The van der Waals surface area contributed by atoms with Crippen LogP contribution in [0.1, 0.15) is 19.4 Å². The van der Waals surface area contributed by atoms with E-state index in [1.54, 1.807) is 7.11 Å². The Morgan fingerprint density at radius 2 is 1.83 bits per heavy atom. The zero-order chi connectivity index (χ0) is 17.5. The van der Waals surface area contributed by atoms with Gasteiger partial charge in [0.2, 0.25) is 5.91 Å². The van der Waals surface area contributed by atoms with E-state index in [0.29, 0.717) is 5.75 Å². The lowest BCUT2D eigenvalue weighted by atomic mass is 10.2. The number of rotatable bonds is 7. The van der Waals surface area contributed by atoms with Crippen LogP contribution in [0.5, 0.6) is 11.5 Å². The van der Waals surface area contributed by atoms with E-state index >= 15 is 0 Å². The number of benzene rings is 2. The fraction of sp³-hybridized carbons (Fsp3) is 0.316. The van der Waals surface area contributed by atoms with E-state index in [-0.39, 0.29) is 18.6 Å². The number of carbonyl (C=O) groups excluding carboxylic acids is 1. The average molecular weight is 328 g/mol. The fourth-order valence-electron chi connectivity index (χ4n) is 2.23. The van der Waals surface area contributed by atoms with Crippen molar-refractivity contribution >= 4 is 17.3 Å². The van der Waals surface area contributed by atoms with Gasteiger partial charge in [-0.15, -0.1) is 0 Å². The van der Waals surface area contributed by atoms with Crippen LogP contribution in [0.3, 0.4) is 0 Å². The Kier molecular flexibility index (Phi) is 6.07. The highest BCUT2D eigenvalue weighted by Gasteiger charge is 2.07. The van der Waals surface area contributed by atoms with Gasteiger partial charge in [-0.1, -0.05) is 6.07 Å². The number of methoxy groups -OCH3 is 1. The quantitative estimate of drug-likeness (QED) is 0.811. The average Bonchev–Trinajstić information content (AvgIpc) is 2.54. The predicted molar refractivity (Wildman–Crippen MR) is 97.1 cm³/mol. The van der Waals surface area contributed by atoms with Crippen LogP contribution in [0.15, 0.2) is 42.5 Å². The maximum atomic E-state index is 12.1. The fourth-order valence-corrected chi connectivity index (χ4v) is 2.23. The molecule has 0 saturated heterocycles. The Morgan fingerprint density at radius 1 is 1.12 bits per heavy atom. The third-order valence-corrected chi connectivity index (χ3v) is 3.30. The summed E-state index contributed by atoms with van der Waals surface area (Å²) in [4.78, 5) is 12.1. The molecule has 5 heteroatoms. The molecular weight excluding hydrogens is 304 g/mol. The Bertz CT molecular complexity index is 682. The lowest BCUT2D eigenvalue weighted by Gasteiger charge is -2.13. The Morgan fingerprint density at radius 3 is 2.46 bits per heavy atom. The first-order valence-electron chi connectivity index (χ1n) is 7.93. The van der Waals surface area contributed by atoms with Crippen LogP contribution >= 0.6 is 0 Å². The molecule has 128 valence electrons. The lowest BCUT2D eigenvalue weighted by molar-refractivity contribution is -0.114. The number of ether oxygens (including phenoxy) is 2. The summed E-state index contributed by atoms with van der Waals surface area (Å²) in [6, 6.07) is 13.1. The zero-order valence-electron chi connectivity index (χ0n) is 14.6. The predicted octanol–water partition coefficient (Wildman–Crippen LogP) is 3.84. The number of amides is 1. The summed E-state index contributed by atoms with van der Waals surface area (Å²) in [5.41, 5.74) is 2.63. The number of hydrogen-bond acceptors (Lipinski definition) is 4. The molecule has 2 rings (SSSR count). The van der Waals surface area contributed by atoms with E-state index in [2.05, 4.69) is 10.6 Å². The summed E-state index contributed by atoms with van der Waals surface area (Å²) >= 11 is 0. The van der Waals surface area contributed by atoms with Gasteiger partial charge >= 0.3 is 0 Å². The van der Waals surface area contributed by atoms with Crippen molar-refractivity contribution in [2.45, 2.75) is 26.9 Å². The van der Waals surface area contributed by atoms with Gasteiger partial charge in [0.25, 0.3) is 0 Å². The third kappa shape index (κ3) is 5.19. The van der Waals surface area contributed by atoms with Crippen LogP contribution in [-0.4, -0.2) is 25.7 Å². The molecule has 2 aromatic rings. The van der Waals surface area contributed by atoms with Crippen LogP contribution in [0.4, 0.5) is 11.4 Å². The molecule has 0 bridgehead atoms. The Labute approximate surface area is 143 Å². The number of nitrogens with one attached hydrogen (secondary N) is 2. The van der Waals surface area contributed by atoms with E-state index in [1.807, 2.05) is 63.2 Å². The van der Waals surface area contributed by atoms with Gasteiger partial charge in [-0.25, -0.2) is 0 Å². The molecule has 5 nitrogen and oxygen atoms in total. The second kappa shape index (κ2) is 8.24. The van der Waals surface area contributed by atoms with Gasteiger partial charge in [-0.05, 0) is 62.7 Å². The van der Waals surface area contributed by atoms with Crippen LogP contribution in [0.25, 0.3) is 0 Å².